The van der Waals surface area contributed by atoms with Crippen LogP contribution in [0.4, 0.5) is 4.39 Å². The van der Waals surface area contributed by atoms with E-state index in [0.717, 1.165) is 12.1 Å². The molecule has 0 fully saturated rings. The summed E-state index contributed by atoms with van der Waals surface area (Å²) in [5.74, 6) is -1.81. The van der Waals surface area contributed by atoms with Crippen molar-refractivity contribution in [2.24, 2.45) is 5.41 Å². The van der Waals surface area contributed by atoms with Crippen molar-refractivity contribution >= 4 is 41.6 Å². The summed E-state index contributed by atoms with van der Waals surface area (Å²) in [4.78, 5) is 11.4. The smallest absolute Gasteiger partial charge is 0.341 e. The molecule has 0 spiro atoms. The molecule has 0 amide bonds. The van der Waals surface area contributed by atoms with E-state index in [9.17, 15) is 17.6 Å². The molecule has 0 aliphatic carbocycles. The molecule has 1 rings (SSSR count). The van der Waals surface area contributed by atoms with Gasteiger partial charge in [-0.15, -0.1) is 0 Å². The fourth-order valence-corrected chi connectivity index (χ4v) is 3.57. The summed E-state index contributed by atoms with van der Waals surface area (Å²) in [6, 6.07) is 1.73. The first-order valence-electron chi connectivity index (χ1n) is 6.02. The standard InChI is InChI=1S/C13H15BrClFO4S/c1-13(2,3)4-5-20-12(17)8-6-11(21(15,18)19)9(14)7-10(8)16/h6-7H,4-5H2,1-3H3. The number of hydrogen-bond acceptors (Lipinski definition) is 4. The summed E-state index contributed by atoms with van der Waals surface area (Å²) < 4.78 is 41.4. The van der Waals surface area contributed by atoms with Crippen LogP contribution in [0.1, 0.15) is 37.6 Å². The lowest BCUT2D eigenvalue weighted by Gasteiger charge is -2.17. The van der Waals surface area contributed by atoms with Crippen LogP contribution < -0.4 is 0 Å². The summed E-state index contributed by atoms with van der Waals surface area (Å²) in [6.07, 6.45) is 0.595. The highest BCUT2D eigenvalue weighted by atomic mass is 79.9. The van der Waals surface area contributed by atoms with Crippen LogP contribution in [0.15, 0.2) is 21.5 Å². The fourth-order valence-electron chi connectivity index (χ4n) is 1.40. The van der Waals surface area contributed by atoms with Gasteiger partial charge in [-0.2, -0.15) is 0 Å². The van der Waals surface area contributed by atoms with Crippen LogP contribution in [0.2, 0.25) is 0 Å². The van der Waals surface area contributed by atoms with Crippen LogP contribution in [0.3, 0.4) is 0 Å². The maximum Gasteiger partial charge on any atom is 0.341 e. The van der Waals surface area contributed by atoms with E-state index in [1.165, 1.54) is 0 Å². The highest BCUT2D eigenvalue weighted by Gasteiger charge is 2.22. The molecule has 4 nitrogen and oxygen atoms in total. The first kappa shape index (κ1) is 18.4. The fraction of sp³-hybridized carbons (Fsp3) is 0.462. The van der Waals surface area contributed by atoms with Gasteiger partial charge < -0.3 is 4.74 Å². The molecular weight excluding hydrogens is 387 g/mol. The average Bonchev–Trinajstić information content (AvgIpc) is 2.24. The van der Waals surface area contributed by atoms with Gasteiger partial charge in [0, 0.05) is 15.2 Å². The number of carbonyl (C=O) groups excluding carboxylic acids is 1. The number of hydrogen-bond donors (Lipinski definition) is 0. The molecule has 0 bridgehead atoms. The Morgan fingerprint density at radius 3 is 2.43 bits per heavy atom. The molecule has 118 valence electrons. The van der Waals surface area contributed by atoms with Gasteiger partial charge in [0.2, 0.25) is 0 Å². The number of carbonyl (C=O) groups is 1. The van der Waals surface area contributed by atoms with Crippen molar-refractivity contribution in [3.05, 3.63) is 28.0 Å². The lowest BCUT2D eigenvalue weighted by molar-refractivity contribution is 0.0459. The Balaban J connectivity index is 3.00. The molecule has 0 aliphatic heterocycles. The zero-order valence-electron chi connectivity index (χ0n) is 11.7. The topological polar surface area (TPSA) is 60.4 Å². The Morgan fingerprint density at radius 2 is 1.95 bits per heavy atom. The Hall–Kier alpha value is -0.660. The van der Waals surface area contributed by atoms with Crippen molar-refractivity contribution in [2.45, 2.75) is 32.1 Å². The monoisotopic (exact) mass is 400 g/mol. The second kappa shape index (κ2) is 6.62. The van der Waals surface area contributed by atoms with Crippen LogP contribution >= 0.6 is 26.6 Å². The molecule has 0 heterocycles. The van der Waals surface area contributed by atoms with Crippen molar-refractivity contribution in [1.82, 2.24) is 0 Å². The van der Waals surface area contributed by atoms with E-state index in [1.807, 2.05) is 20.8 Å². The molecule has 0 unspecified atom stereocenters. The number of benzene rings is 1. The first-order valence-corrected chi connectivity index (χ1v) is 9.13. The van der Waals surface area contributed by atoms with Crippen LogP contribution in [-0.4, -0.2) is 21.0 Å². The number of rotatable bonds is 4. The van der Waals surface area contributed by atoms with E-state index in [1.54, 1.807) is 0 Å². The minimum atomic E-state index is -4.10. The average molecular weight is 402 g/mol. The van der Waals surface area contributed by atoms with E-state index >= 15 is 0 Å². The molecule has 21 heavy (non-hydrogen) atoms. The summed E-state index contributed by atoms with van der Waals surface area (Å²) in [5.41, 5.74) is -0.505. The second-order valence-corrected chi connectivity index (χ2v) is 9.04. The van der Waals surface area contributed by atoms with E-state index in [-0.39, 0.29) is 21.4 Å². The van der Waals surface area contributed by atoms with Gasteiger partial charge >= 0.3 is 5.97 Å². The zero-order valence-corrected chi connectivity index (χ0v) is 14.9. The minimum absolute atomic E-state index is 0.0385. The van der Waals surface area contributed by atoms with Crippen molar-refractivity contribution in [3.8, 4) is 0 Å². The van der Waals surface area contributed by atoms with Gasteiger partial charge in [-0.1, -0.05) is 20.8 Å². The first-order chi connectivity index (χ1) is 9.42. The third-order valence-corrected chi connectivity index (χ3v) is 4.87. The number of esters is 1. The van der Waals surface area contributed by atoms with Crippen molar-refractivity contribution in [1.29, 1.82) is 0 Å². The van der Waals surface area contributed by atoms with E-state index in [4.69, 9.17) is 15.4 Å². The highest BCUT2D eigenvalue weighted by Crippen LogP contribution is 2.28. The minimum Gasteiger partial charge on any atom is -0.462 e. The summed E-state index contributed by atoms with van der Waals surface area (Å²) in [5, 5.41) is 0. The van der Waals surface area contributed by atoms with Crippen LogP contribution in [0.5, 0.6) is 0 Å². The summed E-state index contributed by atoms with van der Waals surface area (Å²) in [6.45, 7) is 6.03. The zero-order chi connectivity index (χ0) is 16.4. The molecule has 0 saturated carbocycles. The Bertz CT molecular complexity index is 653. The molecule has 0 aliphatic rings. The van der Waals surface area contributed by atoms with Crippen molar-refractivity contribution < 1.29 is 22.3 Å². The SMILES string of the molecule is CC(C)(C)CCOC(=O)c1cc(S(=O)(=O)Cl)c(Br)cc1F. The third kappa shape index (κ3) is 5.56. The molecule has 0 N–H and O–H groups in total. The van der Waals surface area contributed by atoms with Gasteiger partial charge in [-0.25, -0.2) is 17.6 Å². The largest absolute Gasteiger partial charge is 0.462 e. The molecule has 1 aromatic rings. The number of halogens is 3. The molecule has 0 saturated heterocycles. The normalized spacial score (nSPS) is 12.3. The van der Waals surface area contributed by atoms with E-state index in [0.29, 0.717) is 6.42 Å². The highest BCUT2D eigenvalue weighted by molar-refractivity contribution is 9.10. The molecule has 8 heteroatoms. The van der Waals surface area contributed by atoms with Crippen molar-refractivity contribution in [3.63, 3.8) is 0 Å². The Labute approximate surface area is 136 Å². The van der Waals surface area contributed by atoms with Gasteiger partial charge in [0.25, 0.3) is 9.05 Å². The van der Waals surface area contributed by atoms with Gasteiger partial charge in [0.15, 0.2) is 0 Å². The number of ether oxygens (including phenoxy) is 1. The molecular formula is C13H15BrClFO4S. The van der Waals surface area contributed by atoms with Crippen molar-refractivity contribution in [2.75, 3.05) is 6.61 Å². The van der Waals surface area contributed by atoms with Crippen LogP contribution in [0, 0.1) is 11.2 Å². The van der Waals surface area contributed by atoms with E-state index < -0.39 is 26.4 Å². The maximum absolute atomic E-state index is 13.8. The van der Waals surface area contributed by atoms with Gasteiger partial charge in [-0.3, -0.25) is 0 Å². The van der Waals surface area contributed by atoms with Gasteiger partial charge in [0.1, 0.15) is 5.82 Å². The Morgan fingerprint density at radius 1 is 1.38 bits per heavy atom. The predicted octanol–water partition coefficient (Wildman–Crippen LogP) is 4.11. The Kier molecular flexibility index (Phi) is 5.80. The summed E-state index contributed by atoms with van der Waals surface area (Å²) in [7, 11) is 1.13. The lowest BCUT2D eigenvalue weighted by atomic mass is 9.93. The maximum atomic E-state index is 13.8. The van der Waals surface area contributed by atoms with Crippen LogP contribution in [0.25, 0.3) is 0 Å². The molecule has 1 aromatic carbocycles. The molecule has 0 aromatic heterocycles. The van der Waals surface area contributed by atoms with Crippen LogP contribution in [-0.2, 0) is 13.8 Å². The van der Waals surface area contributed by atoms with Gasteiger partial charge in [0.05, 0.1) is 17.1 Å². The molecule has 0 radical (unpaired) electrons. The quantitative estimate of drug-likeness (QED) is 0.563. The lowest BCUT2D eigenvalue weighted by Crippen LogP contribution is -2.14. The van der Waals surface area contributed by atoms with Gasteiger partial charge in [-0.05, 0) is 39.9 Å². The third-order valence-electron chi connectivity index (χ3n) is 2.59. The summed E-state index contributed by atoms with van der Waals surface area (Å²) >= 11 is 2.89. The van der Waals surface area contributed by atoms with E-state index in [2.05, 4.69) is 15.9 Å². The molecule has 0 atom stereocenters. The second-order valence-electron chi connectivity index (χ2n) is 5.65. The predicted molar refractivity (Wildman–Crippen MR) is 81.5 cm³/mol.